The molecule has 0 aliphatic heterocycles. The van der Waals surface area contributed by atoms with Crippen molar-refractivity contribution in [3.05, 3.63) is 67.0 Å². The van der Waals surface area contributed by atoms with Crippen LogP contribution in [0.15, 0.2) is 41.1 Å². The molecule has 0 saturated heterocycles. The average molecular weight is 418 g/mol. The number of hydrogen-bond acceptors (Lipinski definition) is 4. The Morgan fingerprint density at radius 3 is 2.52 bits per heavy atom. The number of halogens is 1. The van der Waals surface area contributed by atoms with Crippen LogP contribution in [-0.2, 0) is 12.8 Å². The second kappa shape index (κ2) is 7.46. The number of aryl methyl sites for hydroxylation is 2. The van der Waals surface area contributed by atoms with E-state index in [0.29, 0.717) is 21.3 Å². The van der Waals surface area contributed by atoms with Crippen LogP contribution in [0, 0.1) is 0 Å². The number of benzene rings is 1. The van der Waals surface area contributed by atoms with Gasteiger partial charge in [0.15, 0.2) is 0 Å². The molecule has 1 aliphatic carbocycles. The van der Waals surface area contributed by atoms with Crippen LogP contribution < -0.4 is 4.90 Å². The molecule has 2 heterocycles. The zero-order valence-corrected chi connectivity index (χ0v) is 16.7. The van der Waals surface area contributed by atoms with Gasteiger partial charge in [0.2, 0.25) is 0 Å². The zero-order valence-electron chi connectivity index (χ0n) is 14.3. The first-order valence-electron chi connectivity index (χ1n) is 8.55. The Balaban J connectivity index is 1.81. The molecule has 0 saturated carbocycles. The topological polar surface area (TPSA) is 57.6 Å². The summed E-state index contributed by atoms with van der Waals surface area (Å²) in [5.41, 5.74) is 2.34. The Morgan fingerprint density at radius 2 is 1.81 bits per heavy atom. The largest absolute Gasteiger partial charge is 0.478 e. The molecule has 0 atom stereocenters. The molecule has 3 aromatic rings. The van der Waals surface area contributed by atoms with Gasteiger partial charge in [0, 0.05) is 26.3 Å². The van der Waals surface area contributed by atoms with Crippen molar-refractivity contribution in [2.45, 2.75) is 25.7 Å². The van der Waals surface area contributed by atoms with E-state index in [1.807, 2.05) is 6.07 Å². The molecule has 4 nitrogen and oxygen atoms in total. The predicted octanol–water partition coefficient (Wildman–Crippen LogP) is 6.02. The van der Waals surface area contributed by atoms with E-state index in [4.69, 9.17) is 11.6 Å². The van der Waals surface area contributed by atoms with Crippen LogP contribution in [0.1, 0.15) is 43.3 Å². The third-order valence-corrected chi connectivity index (χ3v) is 6.82. The Hall–Kier alpha value is -2.15. The van der Waals surface area contributed by atoms with E-state index in [2.05, 4.69) is 0 Å². The summed E-state index contributed by atoms with van der Waals surface area (Å²) in [5, 5.41) is 13.3. The Kier molecular flexibility index (Phi) is 5.04. The molecule has 0 bridgehead atoms. The number of carbonyl (C=O) groups excluding carboxylic acids is 1. The van der Waals surface area contributed by atoms with Gasteiger partial charge in [-0.1, -0.05) is 11.6 Å². The zero-order chi connectivity index (χ0) is 19.0. The molecule has 1 N–H and O–H groups in total. The monoisotopic (exact) mass is 417 g/mol. The van der Waals surface area contributed by atoms with Crippen molar-refractivity contribution >= 4 is 57.5 Å². The first-order chi connectivity index (χ1) is 13.0. The van der Waals surface area contributed by atoms with Crippen LogP contribution in [0.3, 0.4) is 0 Å². The van der Waals surface area contributed by atoms with Crippen molar-refractivity contribution in [2.24, 2.45) is 0 Å². The second-order valence-electron chi connectivity index (χ2n) is 6.36. The number of anilines is 2. The van der Waals surface area contributed by atoms with Crippen molar-refractivity contribution in [3.63, 3.8) is 0 Å². The summed E-state index contributed by atoms with van der Waals surface area (Å²) in [6.45, 7) is 0. The molecule has 138 valence electrons. The number of rotatable bonds is 4. The lowest BCUT2D eigenvalue weighted by Gasteiger charge is -2.22. The number of carboxylic acid groups (broad SMARTS) is 1. The number of carbonyl (C=O) groups is 2. The van der Waals surface area contributed by atoms with E-state index in [0.717, 1.165) is 25.7 Å². The molecule has 0 spiro atoms. The average Bonchev–Trinajstić information content (AvgIpc) is 3.30. The number of aromatic carboxylic acids is 1. The van der Waals surface area contributed by atoms with Crippen LogP contribution >= 0.6 is 34.3 Å². The lowest BCUT2D eigenvalue weighted by atomic mass is 9.99. The van der Waals surface area contributed by atoms with Gasteiger partial charge in [0.1, 0.15) is 0 Å². The maximum Gasteiger partial charge on any atom is 0.338 e. The fourth-order valence-electron chi connectivity index (χ4n) is 3.29. The molecule has 1 aromatic carbocycles. The number of thiophene rings is 2. The van der Waals surface area contributed by atoms with Crippen molar-refractivity contribution in [1.82, 2.24) is 0 Å². The van der Waals surface area contributed by atoms with Gasteiger partial charge in [-0.05, 0) is 61.6 Å². The lowest BCUT2D eigenvalue weighted by Crippen LogP contribution is -2.26. The highest BCUT2D eigenvalue weighted by atomic mass is 35.5. The van der Waals surface area contributed by atoms with Gasteiger partial charge in [-0.25, -0.2) is 4.79 Å². The molecular weight excluding hydrogens is 402 g/mol. The molecule has 1 aliphatic rings. The normalized spacial score (nSPS) is 13.2. The van der Waals surface area contributed by atoms with Crippen molar-refractivity contribution < 1.29 is 14.7 Å². The molecule has 4 rings (SSSR count). The van der Waals surface area contributed by atoms with E-state index < -0.39 is 5.97 Å². The molecule has 0 radical (unpaired) electrons. The van der Waals surface area contributed by atoms with Gasteiger partial charge in [-0.2, -0.15) is 0 Å². The van der Waals surface area contributed by atoms with E-state index in [1.54, 1.807) is 35.0 Å². The van der Waals surface area contributed by atoms with Crippen molar-refractivity contribution in [3.8, 4) is 0 Å². The van der Waals surface area contributed by atoms with Gasteiger partial charge in [0.05, 0.1) is 16.1 Å². The van der Waals surface area contributed by atoms with E-state index in [1.165, 1.54) is 38.0 Å². The van der Waals surface area contributed by atoms with Gasteiger partial charge in [-0.3, -0.25) is 9.69 Å². The minimum absolute atomic E-state index is 0.115. The first kappa shape index (κ1) is 18.2. The van der Waals surface area contributed by atoms with Crippen LogP contribution in [0.4, 0.5) is 11.4 Å². The first-order valence-corrected chi connectivity index (χ1v) is 10.7. The molecule has 27 heavy (non-hydrogen) atoms. The molecule has 1 amide bonds. The van der Waals surface area contributed by atoms with Crippen LogP contribution in [-0.4, -0.2) is 17.0 Å². The predicted molar refractivity (Wildman–Crippen MR) is 110 cm³/mol. The minimum Gasteiger partial charge on any atom is -0.478 e. The summed E-state index contributed by atoms with van der Waals surface area (Å²) in [4.78, 5) is 28.5. The molecule has 0 unspecified atom stereocenters. The summed E-state index contributed by atoms with van der Waals surface area (Å²) < 4.78 is 0. The maximum absolute atomic E-state index is 13.4. The van der Waals surface area contributed by atoms with Crippen LogP contribution in [0.5, 0.6) is 0 Å². The van der Waals surface area contributed by atoms with E-state index in [9.17, 15) is 14.7 Å². The summed E-state index contributed by atoms with van der Waals surface area (Å²) in [5.74, 6) is -1.26. The molecular formula is C20H16ClNO3S2. The smallest absolute Gasteiger partial charge is 0.338 e. The third kappa shape index (κ3) is 3.52. The Morgan fingerprint density at radius 1 is 1.07 bits per heavy atom. The Labute approximate surface area is 169 Å². The molecule has 0 fully saturated rings. The minimum atomic E-state index is -1.05. The quantitative estimate of drug-likeness (QED) is 0.564. The van der Waals surface area contributed by atoms with Crippen molar-refractivity contribution in [1.29, 1.82) is 0 Å². The van der Waals surface area contributed by atoms with E-state index in [-0.39, 0.29) is 11.5 Å². The van der Waals surface area contributed by atoms with Crippen molar-refractivity contribution in [2.75, 3.05) is 4.90 Å². The second-order valence-corrected chi connectivity index (χ2v) is 8.68. The highest BCUT2D eigenvalue weighted by Gasteiger charge is 2.27. The van der Waals surface area contributed by atoms with Crippen LogP contribution in [0.25, 0.3) is 0 Å². The highest BCUT2D eigenvalue weighted by molar-refractivity contribution is 7.14. The fraction of sp³-hybridized carbons (Fsp3) is 0.200. The van der Waals surface area contributed by atoms with Gasteiger partial charge >= 0.3 is 5.97 Å². The third-order valence-electron chi connectivity index (χ3n) is 4.61. The molecule has 7 heteroatoms. The summed E-state index contributed by atoms with van der Waals surface area (Å²) in [7, 11) is 0. The molecule has 2 aromatic heterocycles. The SMILES string of the molecule is O=C(O)c1cscc1N(C(=O)c1cc2c(s1)CCCC2)c1ccc(Cl)cc1. The lowest BCUT2D eigenvalue weighted by molar-refractivity contribution is 0.0698. The number of nitrogens with zero attached hydrogens (tertiary/aromatic N) is 1. The highest BCUT2D eigenvalue weighted by Crippen LogP contribution is 2.37. The van der Waals surface area contributed by atoms with Gasteiger partial charge in [-0.15, -0.1) is 22.7 Å². The van der Waals surface area contributed by atoms with Crippen LogP contribution in [0.2, 0.25) is 5.02 Å². The van der Waals surface area contributed by atoms with Gasteiger partial charge in [0.25, 0.3) is 5.91 Å². The number of amides is 1. The van der Waals surface area contributed by atoms with E-state index >= 15 is 0 Å². The number of hydrogen-bond donors (Lipinski definition) is 1. The number of fused-ring (bicyclic) bond motifs is 1. The van der Waals surface area contributed by atoms with Gasteiger partial charge < -0.3 is 5.11 Å². The maximum atomic E-state index is 13.4. The standard InChI is InChI=1S/C20H16ClNO3S2/c21-13-5-7-14(8-6-13)22(16-11-26-10-15(16)20(24)25)19(23)18-9-12-3-1-2-4-17(12)27-18/h5-11H,1-4H2,(H,24,25). The summed E-state index contributed by atoms with van der Waals surface area (Å²) >= 11 is 8.78. The fourth-order valence-corrected chi connectivity index (χ4v) is 5.38. The Bertz CT molecular complexity index is 983. The summed E-state index contributed by atoms with van der Waals surface area (Å²) in [6.07, 6.45) is 4.30. The number of carboxylic acids is 1. The summed E-state index contributed by atoms with van der Waals surface area (Å²) in [6, 6.07) is 8.83.